The number of nitrogens with zero attached hydrogens (tertiary/aromatic N) is 1. The first kappa shape index (κ1) is 14.6. The number of aromatic hydroxyl groups is 3. The van der Waals surface area contributed by atoms with Gasteiger partial charge in [-0.3, -0.25) is 0 Å². The monoisotopic (exact) mass is 299 g/mol. The molecule has 0 aliphatic carbocycles. The Morgan fingerprint density at radius 1 is 1.09 bits per heavy atom. The highest BCUT2D eigenvalue weighted by molar-refractivity contribution is 5.56. The summed E-state index contributed by atoms with van der Waals surface area (Å²) in [6.07, 6.45) is 1.91. The molecule has 22 heavy (non-hydrogen) atoms. The van der Waals surface area contributed by atoms with Crippen LogP contribution in [0.4, 0.5) is 5.69 Å². The molecule has 2 aromatic carbocycles. The van der Waals surface area contributed by atoms with E-state index in [0.717, 1.165) is 42.7 Å². The van der Waals surface area contributed by atoms with E-state index in [1.165, 1.54) is 6.07 Å². The number of hydrogen-bond donors (Lipinski definition) is 3. The summed E-state index contributed by atoms with van der Waals surface area (Å²) in [5, 5.41) is 29.1. The van der Waals surface area contributed by atoms with Crippen molar-refractivity contribution in [3.05, 3.63) is 47.5 Å². The molecule has 0 amide bonds. The van der Waals surface area contributed by atoms with Crippen molar-refractivity contribution in [2.24, 2.45) is 5.92 Å². The van der Waals surface area contributed by atoms with Gasteiger partial charge in [0.2, 0.25) is 0 Å². The average Bonchev–Trinajstić information content (AvgIpc) is 2.95. The second-order valence-corrected chi connectivity index (χ2v) is 6.06. The van der Waals surface area contributed by atoms with Gasteiger partial charge in [-0.25, -0.2) is 0 Å². The fraction of sp³-hybridized carbons (Fsp3) is 0.333. The third-order valence-corrected chi connectivity index (χ3v) is 4.44. The molecule has 1 heterocycles. The Kier molecular flexibility index (Phi) is 3.84. The van der Waals surface area contributed by atoms with Crippen molar-refractivity contribution in [3.8, 4) is 17.2 Å². The van der Waals surface area contributed by atoms with Crippen LogP contribution in [0.5, 0.6) is 17.2 Å². The van der Waals surface area contributed by atoms with Crippen molar-refractivity contribution >= 4 is 5.69 Å². The van der Waals surface area contributed by atoms with Gasteiger partial charge in [-0.15, -0.1) is 0 Å². The Morgan fingerprint density at radius 2 is 1.91 bits per heavy atom. The summed E-state index contributed by atoms with van der Waals surface area (Å²) in [4.78, 5) is 2.21. The minimum Gasteiger partial charge on any atom is -0.507 e. The Hall–Kier alpha value is -2.36. The molecule has 3 N–H and O–H groups in total. The summed E-state index contributed by atoms with van der Waals surface area (Å²) >= 11 is 0. The number of phenols is 3. The summed E-state index contributed by atoms with van der Waals surface area (Å²) in [6, 6.07) is 10.8. The Labute approximate surface area is 130 Å². The smallest absolute Gasteiger partial charge is 0.159 e. The van der Waals surface area contributed by atoms with Gasteiger partial charge in [0.1, 0.15) is 5.75 Å². The molecule has 0 radical (unpaired) electrons. The maximum atomic E-state index is 10.1. The molecule has 3 rings (SSSR count). The van der Waals surface area contributed by atoms with Gasteiger partial charge in [0, 0.05) is 24.8 Å². The standard InChI is InChI=1S/C18H21NO3/c1-12-3-2-4-14(18(12)22)9-13-7-8-19(11-13)15-5-6-16(20)17(21)10-15/h2-6,10,13,20-22H,7-9,11H2,1H3. The SMILES string of the molecule is Cc1cccc(CC2CCN(c3ccc(O)c(O)c3)C2)c1O. The van der Waals surface area contributed by atoms with Crippen molar-refractivity contribution in [2.75, 3.05) is 18.0 Å². The summed E-state index contributed by atoms with van der Waals surface area (Å²) in [7, 11) is 0. The fourth-order valence-corrected chi connectivity index (χ4v) is 3.14. The lowest BCUT2D eigenvalue weighted by Crippen LogP contribution is -2.20. The number of phenolic OH excluding ortho intramolecular Hbond substituents is 3. The third-order valence-electron chi connectivity index (χ3n) is 4.44. The van der Waals surface area contributed by atoms with Crippen LogP contribution in [0.2, 0.25) is 0 Å². The first-order valence-corrected chi connectivity index (χ1v) is 7.59. The molecule has 0 aromatic heterocycles. The van der Waals surface area contributed by atoms with Crippen LogP contribution in [0.3, 0.4) is 0 Å². The molecule has 0 spiro atoms. The molecule has 1 fully saturated rings. The molecule has 1 atom stereocenters. The normalized spacial score (nSPS) is 17.9. The van der Waals surface area contributed by atoms with Crippen LogP contribution in [0.15, 0.2) is 36.4 Å². The summed E-state index contributed by atoms with van der Waals surface area (Å²) in [5.41, 5.74) is 2.84. The number of para-hydroxylation sites is 1. The molecule has 0 bridgehead atoms. The van der Waals surface area contributed by atoms with E-state index >= 15 is 0 Å². The van der Waals surface area contributed by atoms with E-state index in [0.29, 0.717) is 11.7 Å². The molecule has 1 saturated heterocycles. The topological polar surface area (TPSA) is 63.9 Å². The van der Waals surface area contributed by atoms with Crippen LogP contribution in [-0.2, 0) is 6.42 Å². The minimum absolute atomic E-state index is 0.0859. The second kappa shape index (κ2) is 5.79. The molecule has 0 saturated carbocycles. The average molecular weight is 299 g/mol. The van der Waals surface area contributed by atoms with Crippen molar-refractivity contribution in [1.82, 2.24) is 0 Å². The van der Waals surface area contributed by atoms with Crippen LogP contribution in [0.25, 0.3) is 0 Å². The lowest BCUT2D eigenvalue weighted by Gasteiger charge is -2.19. The van der Waals surface area contributed by atoms with Gasteiger partial charge < -0.3 is 20.2 Å². The van der Waals surface area contributed by atoms with Gasteiger partial charge in [0.15, 0.2) is 11.5 Å². The molecular formula is C18H21NO3. The largest absolute Gasteiger partial charge is 0.507 e. The first-order chi connectivity index (χ1) is 10.5. The van der Waals surface area contributed by atoms with E-state index < -0.39 is 0 Å². The Morgan fingerprint density at radius 3 is 2.68 bits per heavy atom. The molecule has 116 valence electrons. The zero-order valence-corrected chi connectivity index (χ0v) is 12.7. The van der Waals surface area contributed by atoms with Crippen LogP contribution in [0.1, 0.15) is 17.5 Å². The molecule has 1 aliphatic heterocycles. The van der Waals surface area contributed by atoms with E-state index in [-0.39, 0.29) is 11.5 Å². The lowest BCUT2D eigenvalue weighted by molar-refractivity contribution is 0.404. The van der Waals surface area contributed by atoms with Gasteiger partial charge in [-0.05, 0) is 48.9 Å². The van der Waals surface area contributed by atoms with Gasteiger partial charge in [0.05, 0.1) is 0 Å². The van der Waals surface area contributed by atoms with E-state index in [4.69, 9.17) is 0 Å². The van der Waals surface area contributed by atoms with Crippen LogP contribution >= 0.6 is 0 Å². The van der Waals surface area contributed by atoms with Gasteiger partial charge in [-0.2, -0.15) is 0 Å². The van der Waals surface area contributed by atoms with Gasteiger partial charge in [0.25, 0.3) is 0 Å². The van der Waals surface area contributed by atoms with E-state index in [1.807, 2.05) is 31.2 Å². The summed E-state index contributed by atoms with van der Waals surface area (Å²) in [6.45, 7) is 3.72. The number of aryl methyl sites for hydroxylation is 1. The molecule has 1 aliphatic rings. The Balaban J connectivity index is 1.69. The Bertz CT molecular complexity index is 684. The van der Waals surface area contributed by atoms with E-state index in [2.05, 4.69) is 4.90 Å². The van der Waals surface area contributed by atoms with Crippen molar-refractivity contribution in [3.63, 3.8) is 0 Å². The first-order valence-electron chi connectivity index (χ1n) is 7.59. The maximum Gasteiger partial charge on any atom is 0.159 e. The van der Waals surface area contributed by atoms with E-state index in [1.54, 1.807) is 6.07 Å². The van der Waals surface area contributed by atoms with Crippen molar-refractivity contribution in [1.29, 1.82) is 0 Å². The van der Waals surface area contributed by atoms with Crippen LogP contribution in [0, 0.1) is 12.8 Å². The summed E-state index contributed by atoms with van der Waals surface area (Å²) < 4.78 is 0. The quantitative estimate of drug-likeness (QED) is 0.762. The highest BCUT2D eigenvalue weighted by Crippen LogP contribution is 2.33. The van der Waals surface area contributed by atoms with Crippen molar-refractivity contribution < 1.29 is 15.3 Å². The third kappa shape index (κ3) is 2.82. The zero-order valence-electron chi connectivity index (χ0n) is 12.7. The molecule has 1 unspecified atom stereocenters. The van der Waals surface area contributed by atoms with Crippen LogP contribution in [-0.4, -0.2) is 28.4 Å². The maximum absolute atomic E-state index is 10.1. The number of anilines is 1. The molecule has 2 aromatic rings. The highest BCUT2D eigenvalue weighted by atomic mass is 16.3. The number of rotatable bonds is 3. The molecule has 4 nitrogen and oxygen atoms in total. The second-order valence-electron chi connectivity index (χ2n) is 6.06. The lowest BCUT2D eigenvalue weighted by atomic mass is 9.96. The predicted molar refractivity (Wildman–Crippen MR) is 86.6 cm³/mol. The minimum atomic E-state index is -0.0934. The predicted octanol–water partition coefficient (Wildman–Crippen LogP) is 3.18. The number of benzene rings is 2. The van der Waals surface area contributed by atoms with E-state index in [9.17, 15) is 15.3 Å². The molecule has 4 heteroatoms. The van der Waals surface area contributed by atoms with Crippen LogP contribution < -0.4 is 4.90 Å². The zero-order chi connectivity index (χ0) is 15.7. The van der Waals surface area contributed by atoms with Gasteiger partial charge in [-0.1, -0.05) is 18.2 Å². The van der Waals surface area contributed by atoms with Gasteiger partial charge >= 0.3 is 0 Å². The summed E-state index contributed by atoms with van der Waals surface area (Å²) in [5.74, 6) is 0.702. The fourth-order valence-electron chi connectivity index (χ4n) is 3.14. The van der Waals surface area contributed by atoms with Crippen molar-refractivity contribution in [2.45, 2.75) is 19.8 Å². The highest BCUT2D eigenvalue weighted by Gasteiger charge is 2.24. The number of hydrogen-bond acceptors (Lipinski definition) is 4. The molecular weight excluding hydrogens is 278 g/mol.